The van der Waals surface area contributed by atoms with E-state index < -0.39 is 11.6 Å². The van der Waals surface area contributed by atoms with E-state index in [-0.39, 0.29) is 18.9 Å². The summed E-state index contributed by atoms with van der Waals surface area (Å²) in [7, 11) is 0. The van der Waals surface area contributed by atoms with Crippen LogP contribution < -0.4 is 5.32 Å². The van der Waals surface area contributed by atoms with Gasteiger partial charge in [0, 0.05) is 18.9 Å². The predicted octanol–water partition coefficient (Wildman–Crippen LogP) is 1.74. The third kappa shape index (κ3) is 6.54. The van der Waals surface area contributed by atoms with Crippen LogP contribution in [0.15, 0.2) is 18.2 Å². The Morgan fingerprint density at radius 1 is 1.26 bits per heavy atom. The maximum absolute atomic E-state index is 12.9. The Bertz CT molecular complexity index is 416. The van der Waals surface area contributed by atoms with E-state index in [1.54, 1.807) is 11.8 Å². The highest BCUT2D eigenvalue weighted by atomic mass is 32.2. The van der Waals surface area contributed by atoms with Gasteiger partial charge in [0.1, 0.15) is 0 Å². The number of aliphatic hydroxyl groups is 1. The standard InChI is InChI=1S/C13H17F2NO2S/c14-11-3-2-10(8-12(11)15)9-13(18)16-4-7-19-6-1-5-17/h2-3,8,17H,1,4-7,9H2,(H,16,18). The average Bonchev–Trinajstić information content (AvgIpc) is 2.38. The molecule has 0 bridgehead atoms. The first-order valence-electron chi connectivity index (χ1n) is 6.02. The molecule has 0 unspecified atom stereocenters. The summed E-state index contributed by atoms with van der Waals surface area (Å²) >= 11 is 1.65. The van der Waals surface area contributed by atoms with Gasteiger partial charge in [-0.05, 0) is 29.9 Å². The molecule has 2 N–H and O–H groups in total. The predicted molar refractivity (Wildman–Crippen MR) is 72.1 cm³/mol. The SMILES string of the molecule is O=C(Cc1ccc(F)c(F)c1)NCCSCCCO. The number of hydrogen-bond donors (Lipinski definition) is 2. The van der Waals surface area contributed by atoms with Gasteiger partial charge in [-0.3, -0.25) is 4.79 Å². The number of carbonyl (C=O) groups excluding carboxylic acids is 1. The van der Waals surface area contributed by atoms with Crippen LogP contribution in [0.1, 0.15) is 12.0 Å². The van der Waals surface area contributed by atoms with Gasteiger partial charge in [0.25, 0.3) is 0 Å². The lowest BCUT2D eigenvalue weighted by Crippen LogP contribution is -2.27. The fourth-order valence-corrected chi connectivity index (χ4v) is 2.21. The van der Waals surface area contributed by atoms with Gasteiger partial charge in [0.2, 0.25) is 5.91 Å². The number of hydrogen-bond acceptors (Lipinski definition) is 3. The van der Waals surface area contributed by atoms with Gasteiger partial charge in [-0.2, -0.15) is 11.8 Å². The van der Waals surface area contributed by atoms with Gasteiger partial charge in [-0.1, -0.05) is 6.07 Å². The second-order valence-electron chi connectivity index (χ2n) is 3.96. The van der Waals surface area contributed by atoms with Crippen LogP contribution in [-0.2, 0) is 11.2 Å². The molecular weight excluding hydrogens is 272 g/mol. The molecule has 0 aromatic heterocycles. The third-order valence-corrected chi connectivity index (χ3v) is 3.43. The van der Waals surface area contributed by atoms with Crippen molar-refractivity contribution in [3.8, 4) is 0 Å². The second kappa shape index (κ2) is 8.87. The van der Waals surface area contributed by atoms with E-state index >= 15 is 0 Å². The summed E-state index contributed by atoms with van der Waals surface area (Å²) in [6, 6.07) is 3.45. The topological polar surface area (TPSA) is 49.3 Å². The molecule has 106 valence electrons. The Kier molecular flexibility index (Phi) is 7.43. The van der Waals surface area contributed by atoms with Crippen LogP contribution in [0.2, 0.25) is 0 Å². The first-order valence-corrected chi connectivity index (χ1v) is 7.18. The van der Waals surface area contributed by atoms with E-state index in [0.29, 0.717) is 12.1 Å². The molecule has 0 saturated heterocycles. The Balaban J connectivity index is 2.21. The lowest BCUT2D eigenvalue weighted by molar-refractivity contribution is -0.120. The van der Waals surface area contributed by atoms with Crippen LogP contribution in [0.3, 0.4) is 0 Å². The Morgan fingerprint density at radius 2 is 2.05 bits per heavy atom. The highest BCUT2D eigenvalue weighted by molar-refractivity contribution is 7.99. The van der Waals surface area contributed by atoms with E-state index in [0.717, 1.165) is 30.1 Å². The molecule has 1 aromatic rings. The summed E-state index contributed by atoms with van der Waals surface area (Å²) in [4.78, 5) is 11.5. The number of nitrogens with one attached hydrogen (secondary N) is 1. The molecule has 0 saturated carbocycles. The molecule has 0 heterocycles. The maximum Gasteiger partial charge on any atom is 0.224 e. The number of aliphatic hydroxyl groups excluding tert-OH is 1. The number of thioether (sulfide) groups is 1. The first-order chi connectivity index (χ1) is 9.13. The van der Waals surface area contributed by atoms with Crippen molar-refractivity contribution in [2.24, 2.45) is 0 Å². The van der Waals surface area contributed by atoms with E-state index in [9.17, 15) is 13.6 Å². The van der Waals surface area contributed by atoms with Crippen LogP contribution >= 0.6 is 11.8 Å². The molecule has 0 aliphatic heterocycles. The van der Waals surface area contributed by atoms with Crippen molar-refractivity contribution in [1.29, 1.82) is 0 Å². The van der Waals surface area contributed by atoms with Gasteiger partial charge in [0.15, 0.2) is 11.6 Å². The first kappa shape index (κ1) is 15.9. The summed E-state index contributed by atoms with van der Waals surface area (Å²) < 4.78 is 25.6. The molecule has 0 atom stereocenters. The summed E-state index contributed by atoms with van der Waals surface area (Å²) in [5.74, 6) is -0.443. The molecule has 0 aliphatic carbocycles. The fourth-order valence-electron chi connectivity index (χ4n) is 1.43. The second-order valence-corrected chi connectivity index (χ2v) is 5.19. The van der Waals surface area contributed by atoms with Crippen molar-refractivity contribution in [2.45, 2.75) is 12.8 Å². The molecule has 1 rings (SSSR count). The molecule has 0 fully saturated rings. The molecule has 0 aliphatic rings. The van der Waals surface area contributed by atoms with Crippen LogP contribution in [0.25, 0.3) is 0 Å². The largest absolute Gasteiger partial charge is 0.396 e. The smallest absolute Gasteiger partial charge is 0.224 e. The highest BCUT2D eigenvalue weighted by Crippen LogP contribution is 2.09. The average molecular weight is 289 g/mol. The Hall–Kier alpha value is -1.14. The molecule has 1 aromatic carbocycles. The molecule has 0 spiro atoms. The van der Waals surface area contributed by atoms with Crippen molar-refractivity contribution >= 4 is 17.7 Å². The Morgan fingerprint density at radius 3 is 2.74 bits per heavy atom. The fraction of sp³-hybridized carbons (Fsp3) is 0.462. The van der Waals surface area contributed by atoms with Gasteiger partial charge in [-0.15, -0.1) is 0 Å². The third-order valence-electron chi connectivity index (χ3n) is 2.36. The van der Waals surface area contributed by atoms with Crippen LogP contribution in [0.4, 0.5) is 8.78 Å². The zero-order valence-electron chi connectivity index (χ0n) is 10.5. The van der Waals surface area contributed by atoms with Crippen molar-refractivity contribution in [1.82, 2.24) is 5.32 Å². The molecule has 3 nitrogen and oxygen atoms in total. The van der Waals surface area contributed by atoms with Gasteiger partial charge >= 0.3 is 0 Å². The van der Waals surface area contributed by atoms with E-state index in [4.69, 9.17) is 5.11 Å². The van der Waals surface area contributed by atoms with E-state index in [2.05, 4.69) is 5.32 Å². The maximum atomic E-state index is 12.9. The molecule has 19 heavy (non-hydrogen) atoms. The molecule has 1 amide bonds. The quantitative estimate of drug-likeness (QED) is 0.717. The van der Waals surface area contributed by atoms with Crippen LogP contribution in [-0.4, -0.2) is 35.7 Å². The minimum absolute atomic E-state index is 0.0402. The summed E-state index contributed by atoms with van der Waals surface area (Å²) in [6.07, 6.45) is 0.784. The lowest BCUT2D eigenvalue weighted by Gasteiger charge is -2.05. The zero-order chi connectivity index (χ0) is 14.1. The van der Waals surface area contributed by atoms with Gasteiger partial charge in [-0.25, -0.2) is 8.78 Å². The minimum Gasteiger partial charge on any atom is -0.396 e. The normalized spacial score (nSPS) is 10.5. The van der Waals surface area contributed by atoms with Crippen LogP contribution in [0.5, 0.6) is 0 Å². The summed E-state index contributed by atoms with van der Waals surface area (Å²) in [6.45, 7) is 0.702. The molecule has 0 radical (unpaired) electrons. The van der Waals surface area contributed by atoms with E-state index in [1.807, 2.05) is 0 Å². The lowest BCUT2D eigenvalue weighted by atomic mass is 10.1. The molecular formula is C13H17F2NO2S. The van der Waals surface area contributed by atoms with Gasteiger partial charge in [0.05, 0.1) is 6.42 Å². The summed E-state index contributed by atoms with van der Waals surface area (Å²) in [5, 5.41) is 11.3. The van der Waals surface area contributed by atoms with Crippen molar-refractivity contribution in [3.63, 3.8) is 0 Å². The number of carbonyl (C=O) groups is 1. The monoisotopic (exact) mass is 289 g/mol. The summed E-state index contributed by atoms with van der Waals surface area (Å²) in [5.41, 5.74) is 0.448. The van der Waals surface area contributed by atoms with Gasteiger partial charge < -0.3 is 10.4 Å². The number of amides is 1. The Labute approximate surface area is 115 Å². The van der Waals surface area contributed by atoms with Crippen molar-refractivity contribution in [2.75, 3.05) is 24.7 Å². The highest BCUT2D eigenvalue weighted by Gasteiger charge is 2.06. The van der Waals surface area contributed by atoms with Crippen LogP contribution in [0, 0.1) is 11.6 Å². The number of rotatable bonds is 8. The molecule has 6 heteroatoms. The zero-order valence-corrected chi connectivity index (χ0v) is 11.3. The number of benzene rings is 1. The van der Waals surface area contributed by atoms with Crippen molar-refractivity contribution < 1.29 is 18.7 Å². The minimum atomic E-state index is -0.940. The number of halogens is 2. The van der Waals surface area contributed by atoms with E-state index in [1.165, 1.54) is 6.07 Å². The van der Waals surface area contributed by atoms with Crippen molar-refractivity contribution in [3.05, 3.63) is 35.4 Å².